The molecule has 0 saturated heterocycles. The number of rotatable bonds is 2. The normalized spacial score (nSPS) is 19.1. The lowest BCUT2D eigenvalue weighted by atomic mass is 9.90. The van der Waals surface area contributed by atoms with Gasteiger partial charge in [-0.1, -0.05) is 59.7 Å². The Labute approximate surface area is 149 Å². The number of fused-ring (bicyclic) bond motifs is 2. The summed E-state index contributed by atoms with van der Waals surface area (Å²) in [7, 11) is 0. The summed E-state index contributed by atoms with van der Waals surface area (Å²) in [6.07, 6.45) is 0.775. The van der Waals surface area contributed by atoms with Crippen molar-refractivity contribution in [1.29, 1.82) is 0 Å². The molecule has 1 aromatic heterocycles. The van der Waals surface area contributed by atoms with E-state index in [4.69, 9.17) is 0 Å². The molecule has 4 aromatic rings. The zero-order valence-corrected chi connectivity index (χ0v) is 13.9. The molecule has 2 atom stereocenters. The predicted molar refractivity (Wildman–Crippen MR) is 97.3 cm³/mol. The number of aromatic nitrogens is 4. The Kier molecular flexibility index (Phi) is 3.41. The summed E-state index contributed by atoms with van der Waals surface area (Å²) in [5.41, 5.74) is 2.20. The highest BCUT2D eigenvalue weighted by Gasteiger charge is 2.31. The Hall–Kier alpha value is -3.28. The minimum atomic E-state index is -0.236. The van der Waals surface area contributed by atoms with Crippen LogP contribution < -0.4 is 5.32 Å². The number of hydrogen-bond donors (Lipinski definition) is 1. The van der Waals surface area contributed by atoms with E-state index in [1.54, 1.807) is 0 Å². The molecule has 1 aliphatic heterocycles. The van der Waals surface area contributed by atoms with Crippen molar-refractivity contribution >= 4 is 16.7 Å². The Balaban J connectivity index is 1.62. The van der Waals surface area contributed by atoms with Crippen molar-refractivity contribution in [1.82, 2.24) is 20.2 Å². The zero-order chi connectivity index (χ0) is 17.5. The van der Waals surface area contributed by atoms with E-state index in [1.165, 1.54) is 28.5 Å². The van der Waals surface area contributed by atoms with Crippen molar-refractivity contribution in [2.75, 3.05) is 5.32 Å². The van der Waals surface area contributed by atoms with Crippen molar-refractivity contribution in [3.63, 3.8) is 0 Å². The Morgan fingerprint density at radius 2 is 1.77 bits per heavy atom. The van der Waals surface area contributed by atoms with E-state index in [0.29, 0.717) is 5.95 Å². The van der Waals surface area contributed by atoms with Crippen LogP contribution in [0.3, 0.4) is 0 Å². The third kappa shape index (κ3) is 2.42. The van der Waals surface area contributed by atoms with Gasteiger partial charge in [0.25, 0.3) is 0 Å². The molecule has 1 N–H and O–H groups in total. The van der Waals surface area contributed by atoms with Crippen LogP contribution in [0.1, 0.15) is 29.6 Å². The van der Waals surface area contributed by atoms with Crippen LogP contribution in [0.15, 0.2) is 66.7 Å². The van der Waals surface area contributed by atoms with E-state index in [9.17, 15) is 4.39 Å². The first-order valence-corrected chi connectivity index (χ1v) is 8.57. The monoisotopic (exact) mass is 345 g/mol. The minimum Gasteiger partial charge on any atom is -0.346 e. The topological polar surface area (TPSA) is 55.6 Å². The smallest absolute Gasteiger partial charge is 0.243 e. The fourth-order valence-corrected chi connectivity index (χ4v) is 3.75. The molecule has 0 fully saturated rings. The van der Waals surface area contributed by atoms with Gasteiger partial charge >= 0.3 is 0 Å². The molecule has 0 aliphatic carbocycles. The zero-order valence-electron chi connectivity index (χ0n) is 13.9. The van der Waals surface area contributed by atoms with E-state index >= 15 is 0 Å². The van der Waals surface area contributed by atoms with Crippen LogP contribution in [-0.4, -0.2) is 20.2 Å². The second-order valence-corrected chi connectivity index (χ2v) is 6.52. The molecule has 5 rings (SSSR count). The number of benzene rings is 3. The van der Waals surface area contributed by atoms with Gasteiger partial charge in [-0.05, 0) is 50.9 Å². The molecule has 0 amide bonds. The fourth-order valence-electron chi connectivity index (χ4n) is 3.75. The molecule has 2 heterocycles. The van der Waals surface area contributed by atoms with Crippen LogP contribution in [0.4, 0.5) is 10.3 Å². The molecule has 0 radical (unpaired) electrons. The van der Waals surface area contributed by atoms with Crippen LogP contribution in [0.2, 0.25) is 0 Å². The lowest BCUT2D eigenvalue weighted by molar-refractivity contribution is 0.426. The molecule has 3 aromatic carbocycles. The molecule has 1 aliphatic rings. The Morgan fingerprint density at radius 3 is 2.65 bits per heavy atom. The van der Waals surface area contributed by atoms with Crippen molar-refractivity contribution < 1.29 is 4.39 Å². The summed E-state index contributed by atoms with van der Waals surface area (Å²) in [6, 6.07) is 21.2. The van der Waals surface area contributed by atoms with Crippen LogP contribution >= 0.6 is 0 Å². The SMILES string of the molecule is Fc1ccc([C@H]2C[C@@H](c3cccc4ccccc34)n3nnnc3N2)cc1. The number of anilines is 1. The lowest BCUT2D eigenvalue weighted by Gasteiger charge is -2.31. The van der Waals surface area contributed by atoms with Gasteiger partial charge in [0.15, 0.2) is 0 Å². The summed E-state index contributed by atoms with van der Waals surface area (Å²) in [5.74, 6) is 0.392. The first kappa shape index (κ1) is 15.0. The van der Waals surface area contributed by atoms with Crippen molar-refractivity contribution in [2.45, 2.75) is 18.5 Å². The van der Waals surface area contributed by atoms with E-state index in [-0.39, 0.29) is 17.9 Å². The minimum absolute atomic E-state index is 0.00223. The second kappa shape index (κ2) is 5.91. The highest BCUT2D eigenvalue weighted by Crippen LogP contribution is 2.39. The molecule has 5 nitrogen and oxygen atoms in total. The summed E-state index contributed by atoms with van der Waals surface area (Å²) in [5, 5.41) is 17.9. The van der Waals surface area contributed by atoms with Crippen molar-refractivity contribution in [3.05, 3.63) is 83.7 Å². The third-order valence-corrected chi connectivity index (χ3v) is 5.01. The summed E-state index contributed by atoms with van der Waals surface area (Å²) < 4.78 is 15.1. The maximum Gasteiger partial charge on any atom is 0.243 e. The average Bonchev–Trinajstić information content (AvgIpc) is 3.16. The number of nitrogens with one attached hydrogen (secondary N) is 1. The quantitative estimate of drug-likeness (QED) is 0.594. The van der Waals surface area contributed by atoms with Crippen LogP contribution in [0.25, 0.3) is 10.8 Å². The first-order valence-electron chi connectivity index (χ1n) is 8.57. The van der Waals surface area contributed by atoms with Gasteiger partial charge in [-0.25, -0.2) is 9.07 Å². The van der Waals surface area contributed by atoms with E-state index < -0.39 is 0 Å². The highest BCUT2D eigenvalue weighted by atomic mass is 19.1. The standard InChI is InChI=1S/C20H16FN5/c21-15-10-8-14(9-11-15)18-12-19(26-20(22-18)23-24-25-26)17-7-3-5-13-4-1-2-6-16(13)17/h1-11,18-19H,12H2,(H,22,23,25)/t18-,19+/m1/s1. The number of tetrazole rings is 1. The predicted octanol–water partition coefficient (Wildman–Crippen LogP) is 4.11. The van der Waals surface area contributed by atoms with Gasteiger partial charge in [-0.3, -0.25) is 0 Å². The van der Waals surface area contributed by atoms with Gasteiger partial charge in [-0.15, -0.1) is 0 Å². The number of hydrogen-bond acceptors (Lipinski definition) is 4. The highest BCUT2D eigenvalue weighted by molar-refractivity contribution is 5.86. The van der Waals surface area contributed by atoms with Gasteiger partial charge in [0.1, 0.15) is 5.82 Å². The van der Waals surface area contributed by atoms with Crippen LogP contribution in [-0.2, 0) is 0 Å². The van der Waals surface area contributed by atoms with E-state index in [1.807, 2.05) is 28.9 Å². The molecule has 0 spiro atoms. The summed E-state index contributed by atoms with van der Waals surface area (Å²) >= 11 is 0. The van der Waals surface area contributed by atoms with Crippen molar-refractivity contribution in [3.8, 4) is 0 Å². The fraction of sp³-hybridized carbons (Fsp3) is 0.150. The van der Waals surface area contributed by atoms with Crippen molar-refractivity contribution in [2.24, 2.45) is 0 Å². The Bertz CT molecular complexity index is 1070. The first-order chi connectivity index (χ1) is 12.8. The number of halogens is 1. The average molecular weight is 345 g/mol. The Morgan fingerprint density at radius 1 is 0.962 bits per heavy atom. The molecular weight excluding hydrogens is 329 g/mol. The van der Waals surface area contributed by atoms with Gasteiger partial charge in [-0.2, -0.15) is 0 Å². The molecule has 0 bridgehead atoms. The van der Waals surface area contributed by atoms with Crippen LogP contribution in [0.5, 0.6) is 0 Å². The number of nitrogens with zero attached hydrogens (tertiary/aromatic N) is 4. The van der Waals surface area contributed by atoms with Crippen LogP contribution in [0, 0.1) is 5.82 Å². The maximum atomic E-state index is 13.3. The van der Waals surface area contributed by atoms with Gasteiger partial charge in [0.05, 0.1) is 12.1 Å². The maximum absolute atomic E-state index is 13.3. The lowest BCUT2D eigenvalue weighted by Crippen LogP contribution is -2.28. The largest absolute Gasteiger partial charge is 0.346 e. The molecule has 0 unspecified atom stereocenters. The van der Waals surface area contributed by atoms with Gasteiger partial charge in [0.2, 0.25) is 5.95 Å². The molecule has 128 valence electrons. The molecule has 6 heteroatoms. The van der Waals surface area contributed by atoms with Gasteiger partial charge in [0, 0.05) is 0 Å². The van der Waals surface area contributed by atoms with Gasteiger partial charge < -0.3 is 5.32 Å². The van der Waals surface area contributed by atoms with E-state index in [0.717, 1.165) is 12.0 Å². The molecular formula is C20H16FN5. The summed E-state index contributed by atoms with van der Waals surface area (Å²) in [4.78, 5) is 0. The molecule has 26 heavy (non-hydrogen) atoms. The molecule has 0 saturated carbocycles. The van der Waals surface area contributed by atoms with E-state index in [2.05, 4.69) is 51.2 Å². The summed E-state index contributed by atoms with van der Waals surface area (Å²) in [6.45, 7) is 0. The third-order valence-electron chi connectivity index (χ3n) is 5.01. The second-order valence-electron chi connectivity index (χ2n) is 6.52.